The topological polar surface area (TPSA) is 148 Å². The van der Waals surface area contributed by atoms with Gasteiger partial charge in [-0.1, -0.05) is 23.2 Å². The van der Waals surface area contributed by atoms with E-state index in [2.05, 4.69) is 35.5 Å². The van der Waals surface area contributed by atoms with Crippen molar-refractivity contribution in [3.63, 3.8) is 0 Å². The molecule has 4 rings (SSSR count). The Balaban J connectivity index is 1.65. The summed E-state index contributed by atoms with van der Waals surface area (Å²) in [6.07, 6.45) is 2.55. The number of hydrogen-bond acceptors (Lipinski definition) is 9. The van der Waals surface area contributed by atoms with Gasteiger partial charge in [0.2, 0.25) is 12.0 Å². The highest BCUT2D eigenvalue weighted by molar-refractivity contribution is 6.32. The number of aromatic amines is 1. The highest BCUT2D eigenvalue weighted by atomic mass is 35.5. The number of hydrogen-bond donors (Lipinski definition) is 3. The second kappa shape index (κ2) is 10.7. The van der Waals surface area contributed by atoms with Gasteiger partial charge >= 0.3 is 0 Å². The van der Waals surface area contributed by atoms with E-state index in [1.807, 2.05) is 0 Å². The SMILES string of the molecule is C[C@@H](O)COC[C@@H](Oc1nc(-c2ncccc2Cl)nc2[nH]ncc12)C(=O)Nc1ccc(Cl)cn1. The van der Waals surface area contributed by atoms with Gasteiger partial charge in [0.05, 0.1) is 35.6 Å². The molecule has 4 aromatic rings. The van der Waals surface area contributed by atoms with Crippen LogP contribution < -0.4 is 10.1 Å². The zero-order valence-electron chi connectivity index (χ0n) is 17.8. The average molecular weight is 504 g/mol. The number of ether oxygens (including phenoxy) is 2. The van der Waals surface area contributed by atoms with Gasteiger partial charge in [-0.3, -0.25) is 14.9 Å². The number of H-pyrrole nitrogens is 1. The number of nitrogens with one attached hydrogen (secondary N) is 2. The van der Waals surface area contributed by atoms with Crippen LogP contribution in [0, 0.1) is 0 Å². The van der Waals surface area contributed by atoms with Crippen LogP contribution in [0.4, 0.5) is 5.82 Å². The molecular weight excluding hydrogens is 485 g/mol. The van der Waals surface area contributed by atoms with Gasteiger partial charge in [0.15, 0.2) is 11.5 Å². The first kappa shape index (κ1) is 23.8. The summed E-state index contributed by atoms with van der Waals surface area (Å²) in [6.45, 7) is 1.40. The van der Waals surface area contributed by atoms with Gasteiger partial charge in [0.25, 0.3) is 5.91 Å². The highest BCUT2D eigenvalue weighted by Gasteiger charge is 2.25. The van der Waals surface area contributed by atoms with Gasteiger partial charge in [-0.25, -0.2) is 9.97 Å². The lowest BCUT2D eigenvalue weighted by Gasteiger charge is -2.19. The van der Waals surface area contributed by atoms with E-state index in [4.69, 9.17) is 32.7 Å². The number of amides is 1. The van der Waals surface area contributed by atoms with Crippen molar-refractivity contribution in [1.29, 1.82) is 0 Å². The van der Waals surface area contributed by atoms with Crippen molar-refractivity contribution in [3.05, 3.63) is 52.9 Å². The number of carbonyl (C=O) groups is 1. The van der Waals surface area contributed by atoms with Gasteiger partial charge in [-0.2, -0.15) is 10.1 Å². The molecule has 34 heavy (non-hydrogen) atoms. The fourth-order valence-corrected chi connectivity index (χ4v) is 3.17. The number of rotatable bonds is 9. The largest absolute Gasteiger partial charge is 0.461 e. The first-order chi connectivity index (χ1) is 16.4. The Morgan fingerprint density at radius 1 is 1.18 bits per heavy atom. The highest BCUT2D eigenvalue weighted by Crippen LogP contribution is 2.28. The lowest BCUT2D eigenvalue weighted by Crippen LogP contribution is -2.38. The summed E-state index contributed by atoms with van der Waals surface area (Å²) in [5.74, 6) is -0.0233. The van der Waals surface area contributed by atoms with Crippen LogP contribution >= 0.6 is 23.2 Å². The quantitative estimate of drug-likeness (QED) is 0.313. The number of aromatic nitrogens is 6. The van der Waals surface area contributed by atoms with Crippen LogP contribution in [0.25, 0.3) is 22.6 Å². The summed E-state index contributed by atoms with van der Waals surface area (Å²) < 4.78 is 11.4. The molecule has 0 bridgehead atoms. The molecule has 176 valence electrons. The summed E-state index contributed by atoms with van der Waals surface area (Å²) >= 11 is 12.1. The maximum atomic E-state index is 13.0. The number of fused-ring (bicyclic) bond motifs is 1. The molecule has 0 saturated heterocycles. The molecule has 0 saturated carbocycles. The average Bonchev–Trinajstić information content (AvgIpc) is 3.29. The van der Waals surface area contributed by atoms with Gasteiger partial charge < -0.3 is 19.9 Å². The standard InChI is InChI=1S/C21H19Cl2N7O4/c1-11(31)9-33-10-15(20(32)27-16-5-4-12(22)7-25-16)34-21-13-8-26-30-18(13)28-19(29-21)17-14(23)3-2-6-24-17/h2-8,11,15,31H,9-10H2,1H3,(H,25,27,32)(H,26,28,29,30)/t11-,15-/m1/s1. The summed E-state index contributed by atoms with van der Waals surface area (Å²) in [4.78, 5) is 30.1. The normalized spacial score (nSPS) is 12.9. The van der Waals surface area contributed by atoms with Crippen LogP contribution in [0.1, 0.15) is 6.92 Å². The predicted molar refractivity (Wildman–Crippen MR) is 125 cm³/mol. The molecule has 11 nitrogen and oxygen atoms in total. The van der Waals surface area contributed by atoms with Crippen molar-refractivity contribution in [2.75, 3.05) is 18.5 Å². The van der Waals surface area contributed by atoms with Gasteiger partial charge in [0, 0.05) is 12.4 Å². The summed E-state index contributed by atoms with van der Waals surface area (Å²) in [7, 11) is 0. The molecule has 0 aliphatic rings. The molecule has 0 aromatic carbocycles. The van der Waals surface area contributed by atoms with E-state index in [0.29, 0.717) is 26.8 Å². The number of pyridine rings is 2. The number of aliphatic hydroxyl groups excluding tert-OH is 1. The monoisotopic (exact) mass is 503 g/mol. The Morgan fingerprint density at radius 3 is 2.76 bits per heavy atom. The minimum Gasteiger partial charge on any atom is -0.461 e. The zero-order valence-corrected chi connectivity index (χ0v) is 19.3. The Hall–Kier alpha value is -3.38. The first-order valence-corrected chi connectivity index (χ1v) is 10.8. The number of anilines is 1. The van der Waals surface area contributed by atoms with Crippen molar-refractivity contribution in [2.24, 2.45) is 0 Å². The van der Waals surface area contributed by atoms with E-state index in [0.717, 1.165) is 0 Å². The van der Waals surface area contributed by atoms with Crippen LogP contribution in [-0.2, 0) is 9.53 Å². The fourth-order valence-electron chi connectivity index (χ4n) is 2.85. The third-order valence-corrected chi connectivity index (χ3v) is 4.93. The van der Waals surface area contributed by atoms with Crippen molar-refractivity contribution in [3.8, 4) is 17.4 Å². The lowest BCUT2D eigenvalue weighted by molar-refractivity contribution is -0.126. The van der Waals surface area contributed by atoms with E-state index < -0.39 is 18.1 Å². The van der Waals surface area contributed by atoms with Crippen molar-refractivity contribution in [1.82, 2.24) is 30.1 Å². The van der Waals surface area contributed by atoms with Crippen molar-refractivity contribution in [2.45, 2.75) is 19.1 Å². The van der Waals surface area contributed by atoms with Crippen LogP contribution in [-0.4, -0.2) is 66.6 Å². The molecule has 0 fully saturated rings. The Morgan fingerprint density at radius 2 is 2.03 bits per heavy atom. The number of halogens is 2. The summed E-state index contributed by atoms with van der Waals surface area (Å²) in [6, 6.07) is 6.48. The summed E-state index contributed by atoms with van der Waals surface area (Å²) in [5, 5.41) is 20.1. The first-order valence-electron chi connectivity index (χ1n) is 10.1. The third-order valence-electron chi connectivity index (χ3n) is 4.40. The molecule has 4 heterocycles. The van der Waals surface area contributed by atoms with Crippen LogP contribution in [0.15, 0.2) is 42.9 Å². The van der Waals surface area contributed by atoms with Gasteiger partial charge in [0.1, 0.15) is 16.9 Å². The van der Waals surface area contributed by atoms with E-state index in [1.165, 1.54) is 12.4 Å². The predicted octanol–water partition coefficient (Wildman–Crippen LogP) is 2.90. The minimum absolute atomic E-state index is 0.00598. The molecule has 13 heteroatoms. The summed E-state index contributed by atoms with van der Waals surface area (Å²) in [5.41, 5.74) is 0.701. The Bertz CT molecular complexity index is 1280. The Labute approximate surface area is 203 Å². The van der Waals surface area contributed by atoms with Crippen LogP contribution in [0.2, 0.25) is 10.0 Å². The maximum Gasteiger partial charge on any atom is 0.269 e. The molecule has 4 aromatic heterocycles. The van der Waals surface area contributed by atoms with E-state index in [-0.39, 0.29) is 30.7 Å². The van der Waals surface area contributed by atoms with E-state index >= 15 is 0 Å². The van der Waals surface area contributed by atoms with Crippen molar-refractivity contribution >= 4 is 46.0 Å². The second-order valence-corrected chi connectivity index (χ2v) is 8.01. The molecule has 0 aliphatic carbocycles. The van der Waals surface area contributed by atoms with Gasteiger partial charge in [-0.05, 0) is 31.2 Å². The number of carbonyl (C=O) groups excluding carboxylic acids is 1. The minimum atomic E-state index is -1.16. The number of aliphatic hydroxyl groups is 1. The molecule has 0 aliphatic heterocycles. The maximum absolute atomic E-state index is 13.0. The van der Waals surface area contributed by atoms with Crippen LogP contribution in [0.3, 0.4) is 0 Å². The van der Waals surface area contributed by atoms with E-state index in [1.54, 1.807) is 37.4 Å². The second-order valence-electron chi connectivity index (χ2n) is 7.16. The van der Waals surface area contributed by atoms with Gasteiger partial charge in [-0.15, -0.1) is 0 Å². The zero-order chi connectivity index (χ0) is 24.1. The fraction of sp³-hybridized carbons (Fsp3) is 0.238. The lowest BCUT2D eigenvalue weighted by atomic mass is 10.3. The van der Waals surface area contributed by atoms with Crippen molar-refractivity contribution < 1.29 is 19.4 Å². The van der Waals surface area contributed by atoms with E-state index in [9.17, 15) is 9.90 Å². The smallest absolute Gasteiger partial charge is 0.269 e. The number of nitrogens with zero attached hydrogens (tertiary/aromatic N) is 5. The molecule has 3 N–H and O–H groups in total. The molecule has 0 spiro atoms. The molecule has 2 atom stereocenters. The van der Waals surface area contributed by atoms with Crippen LogP contribution in [0.5, 0.6) is 5.88 Å². The Kier molecular flexibility index (Phi) is 7.48. The molecule has 0 unspecified atom stereocenters. The molecule has 0 radical (unpaired) electrons. The molecule has 1 amide bonds. The third kappa shape index (κ3) is 5.75. The molecular formula is C21H19Cl2N7O4.